The van der Waals surface area contributed by atoms with Gasteiger partial charge in [-0.3, -0.25) is 9.69 Å². The van der Waals surface area contributed by atoms with Crippen molar-refractivity contribution in [1.82, 2.24) is 24.5 Å². The number of carbonyl (C=O) groups is 1. The third kappa shape index (κ3) is 5.08. The van der Waals surface area contributed by atoms with Crippen molar-refractivity contribution < 1.29 is 13.2 Å². The third-order valence-corrected chi connectivity index (χ3v) is 7.99. The molecule has 0 aliphatic carbocycles. The highest BCUT2D eigenvalue weighted by Gasteiger charge is 2.39. The lowest BCUT2D eigenvalue weighted by Crippen LogP contribution is -2.50. The lowest BCUT2D eigenvalue weighted by molar-refractivity contribution is -0.124. The Bertz CT molecular complexity index is 1010. The molecule has 2 aliphatic rings. The summed E-state index contributed by atoms with van der Waals surface area (Å²) in [6, 6.07) is 7.94. The standard InChI is InChI=1S/C22H30N6O3S/c1-18-5-7-19(8-6-18)32(30,31)28-12-2-4-20(28)21(29)23-11-13-26-14-16-27(17-15-26)22-24-9-3-10-25-22/h3,5-10,20H,2,4,11-17H2,1H3,(H,23,29)/t20-/m0/s1. The molecule has 172 valence electrons. The molecule has 1 N–H and O–H groups in total. The maximum atomic E-state index is 13.1. The maximum absolute atomic E-state index is 13.1. The second-order valence-corrected chi connectivity index (χ2v) is 10.1. The minimum absolute atomic E-state index is 0.213. The zero-order valence-electron chi connectivity index (χ0n) is 18.4. The topological polar surface area (TPSA) is 98.7 Å². The summed E-state index contributed by atoms with van der Waals surface area (Å²) < 4.78 is 27.5. The van der Waals surface area contributed by atoms with Gasteiger partial charge < -0.3 is 10.2 Å². The molecule has 1 aromatic heterocycles. The molecule has 2 fully saturated rings. The van der Waals surface area contributed by atoms with E-state index in [2.05, 4.69) is 25.1 Å². The van der Waals surface area contributed by atoms with Crippen molar-refractivity contribution in [3.63, 3.8) is 0 Å². The van der Waals surface area contributed by atoms with Crippen LogP contribution in [0.15, 0.2) is 47.6 Å². The average molecular weight is 459 g/mol. The Labute approximate surface area is 189 Å². The van der Waals surface area contributed by atoms with Gasteiger partial charge in [0.1, 0.15) is 6.04 Å². The number of piperazine rings is 1. The molecule has 1 aromatic carbocycles. The van der Waals surface area contributed by atoms with Crippen LogP contribution in [0.5, 0.6) is 0 Å². The van der Waals surface area contributed by atoms with E-state index in [0.717, 1.165) is 44.2 Å². The number of nitrogens with zero attached hydrogens (tertiary/aromatic N) is 5. The van der Waals surface area contributed by atoms with Gasteiger partial charge in [0.2, 0.25) is 21.9 Å². The first-order valence-electron chi connectivity index (χ1n) is 11.1. The average Bonchev–Trinajstić information content (AvgIpc) is 3.32. The normalized spacial score (nSPS) is 20.4. The Morgan fingerprint density at radius 2 is 1.75 bits per heavy atom. The Morgan fingerprint density at radius 1 is 1.06 bits per heavy atom. The van der Waals surface area contributed by atoms with Crippen molar-refractivity contribution in [2.24, 2.45) is 0 Å². The van der Waals surface area contributed by atoms with Gasteiger partial charge in [0.15, 0.2) is 0 Å². The van der Waals surface area contributed by atoms with Crippen LogP contribution in [0.25, 0.3) is 0 Å². The summed E-state index contributed by atoms with van der Waals surface area (Å²) in [5.74, 6) is 0.533. The zero-order chi connectivity index (χ0) is 22.6. The van der Waals surface area contributed by atoms with Crippen molar-refractivity contribution in [3.8, 4) is 0 Å². The monoisotopic (exact) mass is 458 g/mol. The smallest absolute Gasteiger partial charge is 0.243 e. The minimum atomic E-state index is -3.68. The fraction of sp³-hybridized carbons (Fsp3) is 0.500. The van der Waals surface area contributed by atoms with Gasteiger partial charge in [0.25, 0.3) is 0 Å². The number of benzene rings is 1. The second-order valence-electron chi connectivity index (χ2n) is 8.26. The van der Waals surface area contributed by atoms with Crippen LogP contribution in [0.4, 0.5) is 5.95 Å². The van der Waals surface area contributed by atoms with Gasteiger partial charge in [-0.05, 0) is 38.0 Å². The number of nitrogens with one attached hydrogen (secondary N) is 1. The molecule has 9 nitrogen and oxygen atoms in total. The van der Waals surface area contributed by atoms with Crippen molar-refractivity contribution in [2.45, 2.75) is 30.7 Å². The Kier molecular flexibility index (Phi) is 7.02. The lowest BCUT2D eigenvalue weighted by atomic mass is 10.2. The lowest BCUT2D eigenvalue weighted by Gasteiger charge is -2.34. The molecule has 0 saturated carbocycles. The van der Waals surface area contributed by atoms with Crippen LogP contribution >= 0.6 is 0 Å². The van der Waals surface area contributed by atoms with Gasteiger partial charge in [-0.25, -0.2) is 18.4 Å². The van der Waals surface area contributed by atoms with Gasteiger partial charge in [-0.2, -0.15) is 4.31 Å². The fourth-order valence-electron chi connectivity index (χ4n) is 4.22. The first-order valence-corrected chi connectivity index (χ1v) is 12.5. The van der Waals surface area contributed by atoms with E-state index in [4.69, 9.17) is 0 Å². The number of sulfonamides is 1. The highest BCUT2D eigenvalue weighted by Crippen LogP contribution is 2.26. The number of aromatic nitrogens is 2. The number of anilines is 1. The molecule has 0 unspecified atom stereocenters. The van der Waals surface area contributed by atoms with Crippen LogP contribution in [0.2, 0.25) is 0 Å². The fourth-order valence-corrected chi connectivity index (χ4v) is 5.87. The van der Waals surface area contributed by atoms with Crippen LogP contribution in [0.1, 0.15) is 18.4 Å². The van der Waals surface area contributed by atoms with Crippen LogP contribution in [-0.2, 0) is 14.8 Å². The van der Waals surface area contributed by atoms with Crippen molar-refractivity contribution >= 4 is 21.9 Å². The summed E-state index contributed by atoms with van der Waals surface area (Å²) in [5.41, 5.74) is 0.997. The molecule has 2 saturated heterocycles. The molecule has 1 amide bonds. The molecular weight excluding hydrogens is 428 g/mol. The molecule has 1 atom stereocenters. The Hall–Kier alpha value is -2.56. The number of aryl methyl sites for hydroxylation is 1. The predicted molar refractivity (Wildman–Crippen MR) is 122 cm³/mol. The first kappa shape index (κ1) is 22.6. The van der Waals surface area contributed by atoms with E-state index in [-0.39, 0.29) is 10.8 Å². The summed E-state index contributed by atoms with van der Waals surface area (Å²) in [7, 11) is -3.68. The van der Waals surface area contributed by atoms with E-state index >= 15 is 0 Å². The molecule has 3 heterocycles. The van der Waals surface area contributed by atoms with E-state index in [9.17, 15) is 13.2 Å². The van der Waals surface area contributed by atoms with Gasteiger partial charge in [-0.15, -0.1) is 0 Å². The summed E-state index contributed by atoms with van der Waals surface area (Å²) in [5, 5.41) is 2.95. The SMILES string of the molecule is Cc1ccc(S(=O)(=O)N2CCC[C@H]2C(=O)NCCN2CCN(c3ncccn3)CC2)cc1. The first-order chi connectivity index (χ1) is 15.4. The number of rotatable bonds is 7. The highest BCUT2D eigenvalue weighted by molar-refractivity contribution is 7.89. The number of carbonyl (C=O) groups excluding carboxylic acids is 1. The van der Waals surface area contributed by atoms with Crippen molar-refractivity contribution in [2.75, 3.05) is 50.7 Å². The van der Waals surface area contributed by atoms with E-state index in [1.54, 1.807) is 42.7 Å². The Balaban J connectivity index is 1.26. The maximum Gasteiger partial charge on any atom is 0.243 e. The summed E-state index contributed by atoms with van der Waals surface area (Å²) >= 11 is 0. The van der Waals surface area contributed by atoms with Gasteiger partial charge >= 0.3 is 0 Å². The molecule has 32 heavy (non-hydrogen) atoms. The summed E-state index contributed by atoms with van der Waals surface area (Å²) in [6.45, 7) is 6.92. The minimum Gasteiger partial charge on any atom is -0.353 e. The number of hydrogen-bond acceptors (Lipinski definition) is 7. The van der Waals surface area contributed by atoms with Crippen LogP contribution in [0, 0.1) is 6.92 Å². The molecule has 0 spiro atoms. The number of hydrogen-bond donors (Lipinski definition) is 1. The molecule has 10 heteroatoms. The van der Waals surface area contributed by atoms with E-state index in [1.807, 2.05) is 6.92 Å². The highest BCUT2D eigenvalue weighted by atomic mass is 32.2. The predicted octanol–water partition coefficient (Wildman–Crippen LogP) is 0.877. The summed E-state index contributed by atoms with van der Waals surface area (Å²) in [6.07, 6.45) is 4.73. The van der Waals surface area contributed by atoms with Crippen LogP contribution < -0.4 is 10.2 Å². The van der Waals surface area contributed by atoms with Crippen LogP contribution in [-0.4, -0.2) is 85.4 Å². The Morgan fingerprint density at radius 3 is 2.44 bits per heavy atom. The molecule has 2 aromatic rings. The largest absolute Gasteiger partial charge is 0.353 e. The molecular formula is C22H30N6O3S. The van der Waals surface area contributed by atoms with Crippen molar-refractivity contribution in [1.29, 1.82) is 0 Å². The van der Waals surface area contributed by atoms with Gasteiger partial charge in [-0.1, -0.05) is 17.7 Å². The molecule has 4 rings (SSSR count). The van der Waals surface area contributed by atoms with Crippen molar-refractivity contribution in [3.05, 3.63) is 48.3 Å². The van der Waals surface area contributed by atoms with Gasteiger partial charge in [0, 0.05) is 58.2 Å². The summed E-state index contributed by atoms with van der Waals surface area (Å²) in [4.78, 5) is 26.1. The van der Waals surface area contributed by atoms with E-state index < -0.39 is 16.1 Å². The van der Waals surface area contributed by atoms with Gasteiger partial charge in [0.05, 0.1) is 4.90 Å². The number of amides is 1. The third-order valence-electron chi connectivity index (χ3n) is 6.07. The molecule has 0 radical (unpaired) electrons. The van der Waals surface area contributed by atoms with E-state index in [0.29, 0.717) is 25.9 Å². The second kappa shape index (κ2) is 9.93. The molecule has 2 aliphatic heterocycles. The molecule has 0 bridgehead atoms. The zero-order valence-corrected chi connectivity index (χ0v) is 19.2. The quantitative estimate of drug-likeness (QED) is 0.658. The van der Waals surface area contributed by atoms with E-state index in [1.165, 1.54) is 4.31 Å². The van der Waals surface area contributed by atoms with Crippen LogP contribution in [0.3, 0.4) is 0 Å².